The lowest BCUT2D eigenvalue weighted by Gasteiger charge is -2.39. The molecule has 2 aliphatic rings. The molecule has 2 fully saturated rings. The average molecular weight is 507 g/mol. The lowest BCUT2D eigenvalue weighted by atomic mass is 9.64. The van der Waals surface area contributed by atoms with Gasteiger partial charge < -0.3 is 14.6 Å². The SMILES string of the molecule is Cc1c(Cl)cccc1NC(=O)C12CCC(C)(/C(=N\OC(=O)c3cc4ccccc4oc3=O)C1)C2(C)C. The van der Waals surface area contributed by atoms with E-state index in [4.69, 9.17) is 20.9 Å². The summed E-state index contributed by atoms with van der Waals surface area (Å²) >= 11 is 6.25. The molecule has 1 amide bonds. The van der Waals surface area contributed by atoms with Crippen molar-refractivity contribution in [2.75, 3.05) is 5.32 Å². The molecule has 1 heterocycles. The van der Waals surface area contributed by atoms with Crippen LogP contribution in [-0.4, -0.2) is 17.6 Å². The summed E-state index contributed by atoms with van der Waals surface area (Å²) < 4.78 is 5.24. The standard InChI is InChI=1S/C28H27ClN2O5/c1-16-19(29)9-7-10-20(16)30-25(34)28-13-12-27(4,26(28,2)3)22(15-28)31-36-24(33)18-14-17-8-5-6-11-21(17)35-23(18)32/h5-11,14H,12-13,15H2,1-4H3,(H,30,34)/b31-22-. The number of fused-ring (bicyclic) bond motifs is 3. The van der Waals surface area contributed by atoms with E-state index in [0.717, 1.165) is 12.0 Å². The fourth-order valence-corrected chi connectivity index (χ4v) is 6.03. The van der Waals surface area contributed by atoms with E-state index in [1.807, 2.05) is 13.0 Å². The molecule has 0 spiro atoms. The van der Waals surface area contributed by atoms with E-state index in [1.165, 1.54) is 6.07 Å². The van der Waals surface area contributed by atoms with Crippen molar-refractivity contribution in [2.24, 2.45) is 21.4 Å². The molecular weight excluding hydrogens is 480 g/mol. The van der Waals surface area contributed by atoms with Gasteiger partial charge in [0.05, 0.1) is 11.1 Å². The molecule has 8 heteroatoms. The number of rotatable bonds is 4. The second kappa shape index (κ2) is 8.30. The molecule has 1 N–H and O–H groups in total. The van der Waals surface area contributed by atoms with Crippen LogP contribution in [0.15, 0.2) is 62.9 Å². The van der Waals surface area contributed by atoms with Crippen LogP contribution in [0.5, 0.6) is 0 Å². The van der Waals surface area contributed by atoms with Crippen LogP contribution in [0.3, 0.4) is 0 Å². The number of carbonyl (C=O) groups excluding carboxylic acids is 2. The van der Waals surface area contributed by atoms with Crippen LogP contribution in [0.4, 0.5) is 5.69 Å². The average Bonchev–Trinajstić information content (AvgIpc) is 3.15. The van der Waals surface area contributed by atoms with Crippen molar-refractivity contribution in [3.63, 3.8) is 0 Å². The highest BCUT2D eigenvalue weighted by atomic mass is 35.5. The van der Waals surface area contributed by atoms with Crippen LogP contribution in [0.1, 0.15) is 56.0 Å². The fraction of sp³-hybridized carbons (Fsp3) is 0.357. The van der Waals surface area contributed by atoms with Crippen molar-refractivity contribution in [2.45, 2.75) is 47.0 Å². The maximum atomic E-state index is 13.7. The van der Waals surface area contributed by atoms with Gasteiger partial charge in [-0.15, -0.1) is 0 Å². The van der Waals surface area contributed by atoms with Crippen molar-refractivity contribution in [1.29, 1.82) is 0 Å². The molecule has 2 bridgehead atoms. The smallest absolute Gasteiger partial charge is 0.373 e. The number of oxime groups is 1. The molecule has 0 radical (unpaired) electrons. The predicted molar refractivity (Wildman–Crippen MR) is 138 cm³/mol. The molecule has 2 aromatic carbocycles. The van der Waals surface area contributed by atoms with Crippen LogP contribution >= 0.6 is 11.6 Å². The Balaban J connectivity index is 1.43. The second-order valence-electron chi connectivity index (χ2n) is 10.5. The lowest BCUT2D eigenvalue weighted by molar-refractivity contribution is -0.130. The molecular formula is C28H27ClN2O5. The Morgan fingerprint density at radius 2 is 1.83 bits per heavy atom. The fourth-order valence-electron chi connectivity index (χ4n) is 5.86. The van der Waals surface area contributed by atoms with Gasteiger partial charge in [-0.1, -0.05) is 61.8 Å². The van der Waals surface area contributed by atoms with E-state index in [9.17, 15) is 14.4 Å². The van der Waals surface area contributed by atoms with Gasteiger partial charge in [-0.2, -0.15) is 0 Å². The topological polar surface area (TPSA) is 98.0 Å². The highest BCUT2D eigenvalue weighted by molar-refractivity contribution is 6.31. The molecule has 3 aromatic rings. The number of nitrogens with one attached hydrogen (secondary N) is 1. The molecule has 1 aromatic heterocycles. The van der Waals surface area contributed by atoms with Gasteiger partial charge in [-0.25, -0.2) is 9.59 Å². The van der Waals surface area contributed by atoms with Gasteiger partial charge in [0.2, 0.25) is 5.91 Å². The second-order valence-corrected chi connectivity index (χ2v) is 10.9. The molecule has 36 heavy (non-hydrogen) atoms. The van der Waals surface area contributed by atoms with E-state index in [2.05, 4.69) is 31.2 Å². The van der Waals surface area contributed by atoms with E-state index in [-0.39, 0.29) is 11.5 Å². The van der Waals surface area contributed by atoms with E-state index >= 15 is 0 Å². The molecule has 0 aliphatic heterocycles. The maximum absolute atomic E-state index is 13.7. The Labute approximate surface area is 213 Å². The zero-order chi connectivity index (χ0) is 25.9. The first kappa shape index (κ1) is 24.3. The predicted octanol–water partition coefficient (Wildman–Crippen LogP) is 6.12. The molecule has 186 valence electrons. The number of benzene rings is 2. The molecule has 5 rings (SSSR count). The quantitative estimate of drug-likeness (QED) is 0.261. The van der Waals surface area contributed by atoms with E-state index < -0.39 is 27.8 Å². The van der Waals surface area contributed by atoms with Crippen LogP contribution in [0, 0.1) is 23.2 Å². The number of halogens is 1. The van der Waals surface area contributed by atoms with Gasteiger partial charge in [0, 0.05) is 27.9 Å². The van der Waals surface area contributed by atoms with Crippen LogP contribution in [-0.2, 0) is 9.63 Å². The van der Waals surface area contributed by atoms with Crippen LogP contribution in [0.2, 0.25) is 5.02 Å². The van der Waals surface area contributed by atoms with Gasteiger partial charge >= 0.3 is 11.6 Å². The summed E-state index contributed by atoms with van der Waals surface area (Å²) in [6, 6.07) is 13.8. The van der Waals surface area contributed by atoms with Crippen LogP contribution in [0.25, 0.3) is 11.0 Å². The molecule has 2 atom stereocenters. The Morgan fingerprint density at radius 1 is 1.08 bits per heavy atom. The number of hydrogen-bond donors (Lipinski definition) is 1. The first-order valence-electron chi connectivity index (χ1n) is 11.9. The van der Waals surface area contributed by atoms with Gasteiger partial charge in [0.15, 0.2) is 0 Å². The summed E-state index contributed by atoms with van der Waals surface area (Å²) in [5.41, 5.74) is -0.162. The summed E-state index contributed by atoms with van der Waals surface area (Å²) in [5, 5.41) is 8.49. The van der Waals surface area contributed by atoms with Gasteiger partial charge in [0.1, 0.15) is 11.1 Å². The number of nitrogens with zero attached hydrogens (tertiary/aromatic N) is 1. The monoisotopic (exact) mass is 506 g/mol. The number of para-hydroxylation sites is 1. The van der Waals surface area contributed by atoms with Crippen molar-refractivity contribution >= 4 is 45.8 Å². The van der Waals surface area contributed by atoms with E-state index in [1.54, 1.807) is 36.4 Å². The Bertz CT molecular complexity index is 1510. The molecule has 7 nitrogen and oxygen atoms in total. The summed E-state index contributed by atoms with van der Waals surface area (Å²) in [7, 11) is 0. The largest absolute Gasteiger partial charge is 0.422 e. The van der Waals surface area contributed by atoms with Crippen molar-refractivity contribution in [3.05, 3.63) is 75.1 Å². The Morgan fingerprint density at radius 3 is 2.61 bits per heavy atom. The Kier molecular flexibility index (Phi) is 5.59. The van der Waals surface area contributed by atoms with Crippen molar-refractivity contribution < 1.29 is 18.8 Å². The zero-order valence-electron chi connectivity index (χ0n) is 20.6. The van der Waals surface area contributed by atoms with E-state index in [0.29, 0.717) is 40.2 Å². The highest BCUT2D eigenvalue weighted by Crippen LogP contribution is 2.71. The summed E-state index contributed by atoms with van der Waals surface area (Å²) in [4.78, 5) is 44.1. The van der Waals surface area contributed by atoms with Crippen molar-refractivity contribution in [3.8, 4) is 0 Å². The minimum atomic E-state index is -0.890. The highest BCUT2D eigenvalue weighted by Gasteiger charge is 2.71. The normalized spacial score (nSPS) is 25.3. The van der Waals surface area contributed by atoms with Crippen LogP contribution < -0.4 is 10.9 Å². The number of hydrogen-bond acceptors (Lipinski definition) is 6. The minimum absolute atomic E-state index is 0.103. The number of carbonyl (C=O) groups is 2. The molecule has 2 saturated carbocycles. The molecule has 2 aliphatic carbocycles. The summed E-state index contributed by atoms with van der Waals surface area (Å²) in [5.74, 6) is -0.993. The van der Waals surface area contributed by atoms with Gasteiger partial charge in [-0.05, 0) is 55.0 Å². The number of amides is 1. The third-order valence-electron chi connectivity index (χ3n) is 8.78. The Hall–Kier alpha value is -3.45. The third kappa shape index (κ3) is 3.40. The summed E-state index contributed by atoms with van der Waals surface area (Å²) in [6.07, 6.45) is 1.75. The van der Waals surface area contributed by atoms with Gasteiger partial charge in [-0.3, -0.25) is 4.79 Å². The first-order valence-corrected chi connectivity index (χ1v) is 12.3. The summed E-state index contributed by atoms with van der Waals surface area (Å²) in [6.45, 7) is 8.04. The molecule has 0 saturated heterocycles. The lowest BCUT2D eigenvalue weighted by Crippen LogP contribution is -2.43. The molecule has 2 unspecified atom stereocenters. The van der Waals surface area contributed by atoms with Gasteiger partial charge in [0.25, 0.3) is 0 Å². The zero-order valence-corrected chi connectivity index (χ0v) is 21.4. The van der Waals surface area contributed by atoms with Crippen molar-refractivity contribution in [1.82, 2.24) is 0 Å². The first-order chi connectivity index (χ1) is 17.0. The minimum Gasteiger partial charge on any atom is -0.422 e. The third-order valence-corrected chi connectivity index (χ3v) is 9.19. The number of anilines is 1. The maximum Gasteiger partial charge on any atom is 0.373 e.